The molecule has 1 saturated carbocycles. The van der Waals surface area contributed by atoms with Crippen LogP contribution in [0.4, 0.5) is 5.13 Å². The third kappa shape index (κ3) is 4.53. The molecule has 2 N–H and O–H groups in total. The van der Waals surface area contributed by atoms with E-state index in [9.17, 15) is 14.9 Å². The Morgan fingerprint density at radius 2 is 2.39 bits per heavy atom. The van der Waals surface area contributed by atoms with E-state index in [-0.39, 0.29) is 11.6 Å². The van der Waals surface area contributed by atoms with Crippen LogP contribution in [0.1, 0.15) is 30.3 Å². The molecule has 0 unspecified atom stereocenters. The Hall–Kier alpha value is -2.40. The number of rotatable bonds is 8. The highest BCUT2D eigenvalue weighted by Gasteiger charge is 2.43. The minimum absolute atomic E-state index is 0.139. The minimum atomic E-state index is -0.897. The van der Waals surface area contributed by atoms with Crippen LogP contribution in [0.15, 0.2) is 18.0 Å². The third-order valence-electron chi connectivity index (χ3n) is 3.47. The van der Waals surface area contributed by atoms with Gasteiger partial charge >= 0.3 is 5.97 Å². The molecule has 122 valence electrons. The van der Waals surface area contributed by atoms with E-state index in [0.717, 1.165) is 12.8 Å². The van der Waals surface area contributed by atoms with Crippen LogP contribution in [0.25, 0.3) is 0 Å². The molecule has 1 atom stereocenters. The van der Waals surface area contributed by atoms with Gasteiger partial charge in [0.15, 0.2) is 17.4 Å². The number of nitriles is 1. The number of nitrogens with one attached hydrogen (secondary N) is 2. The minimum Gasteiger partial charge on any atom is -0.451 e. The Kier molecular flexibility index (Phi) is 5.34. The number of thiazole rings is 1. The topological polar surface area (TPSA) is 104 Å². The van der Waals surface area contributed by atoms with Crippen LogP contribution in [0.2, 0.25) is 0 Å². The maximum absolute atomic E-state index is 11.9. The van der Waals surface area contributed by atoms with Gasteiger partial charge in [-0.3, -0.25) is 4.79 Å². The maximum atomic E-state index is 11.9. The van der Waals surface area contributed by atoms with Crippen molar-refractivity contribution in [3.8, 4) is 6.07 Å². The van der Waals surface area contributed by atoms with Gasteiger partial charge in [0, 0.05) is 11.9 Å². The van der Waals surface area contributed by atoms with Gasteiger partial charge in [0.2, 0.25) is 0 Å². The van der Waals surface area contributed by atoms with Gasteiger partial charge in [-0.2, -0.15) is 5.26 Å². The molecule has 8 heteroatoms. The molecule has 0 spiro atoms. The number of anilines is 1. The summed E-state index contributed by atoms with van der Waals surface area (Å²) in [6.07, 6.45) is 3.52. The molecule has 0 aliphatic heterocycles. The molecule has 1 fully saturated rings. The summed E-state index contributed by atoms with van der Waals surface area (Å²) in [6, 6.07) is 2.11. The summed E-state index contributed by atoms with van der Waals surface area (Å²) in [6.45, 7) is 5.36. The summed E-state index contributed by atoms with van der Waals surface area (Å²) in [5.74, 6) is -0.994. The Morgan fingerprint density at radius 1 is 1.65 bits per heavy atom. The van der Waals surface area contributed by atoms with Crippen LogP contribution in [0.5, 0.6) is 0 Å². The molecular formula is C15H18N4O3S. The van der Waals surface area contributed by atoms with Gasteiger partial charge in [-0.25, -0.2) is 9.78 Å². The number of amides is 1. The summed E-state index contributed by atoms with van der Waals surface area (Å²) in [5.41, 5.74) is -0.758. The molecule has 0 aromatic carbocycles. The highest BCUT2D eigenvalue weighted by atomic mass is 32.1. The lowest BCUT2D eigenvalue weighted by atomic mass is 9.98. The fourth-order valence-corrected chi connectivity index (χ4v) is 2.71. The third-order valence-corrected chi connectivity index (χ3v) is 4.27. The first-order valence-electron chi connectivity index (χ1n) is 7.18. The Labute approximate surface area is 138 Å². The van der Waals surface area contributed by atoms with Gasteiger partial charge in [-0.1, -0.05) is 6.08 Å². The number of carbonyl (C=O) groups is 2. The molecule has 0 radical (unpaired) electrons. The summed E-state index contributed by atoms with van der Waals surface area (Å²) < 4.78 is 4.93. The van der Waals surface area contributed by atoms with Crippen LogP contribution in [-0.4, -0.2) is 35.6 Å². The normalized spacial score (nSPS) is 15.8. The molecule has 7 nitrogen and oxygen atoms in total. The lowest BCUT2D eigenvalue weighted by molar-refractivity contribution is -0.125. The van der Waals surface area contributed by atoms with E-state index < -0.39 is 24.0 Å². The maximum Gasteiger partial charge on any atom is 0.358 e. The standard InChI is InChI=1S/C15H18N4O3S/c1-3-6-17-14-18-11(8-23-14)13(21)22-7-12(20)19-15(2,9-16)10-4-5-10/h3,8,10H,1,4-7H2,2H3,(H,17,18)(H,19,20)/t15-/m1/s1. The van der Waals surface area contributed by atoms with Crippen LogP contribution >= 0.6 is 11.3 Å². The van der Waals surface area contributed by atoms with Crippen molar-refractivity contribution in [1.29, 1.82) is 5.26 Å². The van der Waals surface area contributed by atoms with Gasteiger partial charge in [0.05, 0.1) is 6.07 Å². The van der Waals surface area contributed by atoms with E-state index in [1.54, 1.807) is 18.4 Å². The number of ether oxygens (including phenoxy) is 1. The Morgan fingerprint density at radius 3 is 3.00 bits per heavy atom. The van der Waals surface area contributed by atoms with E-state index in [1.165, 1.54) is 11.3 Å². The summed E-state index contributed by atoms with van der Waals surface area (Å²) in [4.78, 5) is 27.8. The Bertz CT molecular complexity index is 647. The summed E-state index contributed by atoms with van der Waals surface area (Å²) in [7, 11) is 0. The molecule has 23 heavy (non-hydrogen) atoms. The van der Waals surface area contributed by atoms with Crippen LogP contribution in [0, 0.1) is 17.2 Å². The number of carbonyl (C=O) groups excluding carboxylic acids is 2. The van der Waals surface area contributed by atoms with E-state index in [2.05, 4.69) is 28.3 Å². The summed E-state index contributed by atoms with van der Waals surface area (Å²) >= 11 is 1.26. The fraction of sp³-hybridized carbons (Fsp3) is 0.467. The second kappa shape index (κ2) is 7.24. The molecule has 1 aromatic heterocycles. The first kappa shape index (κ1) is 17.0. The van der Waals surface area contributed by atoms with Gasteiger partial charge in [-0.05, 0) is 25.7 Å². The lowest BCUT2D eigenvalue weighted by Crippen LogP contribution is -2.48. The highest BCUT2D eigenvalue weighted by Crippen LogP contribution is 2.39. The SMILES string of the molecule is C=CCNc1nc(C(=O)OCC(=O)N[C@](C)(C#N)C2CC2)cs1. The molecule has 0 saturated heterocycles. The van der Waals surface area contributed by atoms with E-state index in [0.29, 0.717) is 11.7 Å². The van der Waals surface area contributed by atoms with Gasteiger partial charge in [-0.15, -0.1) is 17.9 Å². The largest absolute Gasteiger partial charge is 0.451 e. The molecule has 1 aromatic rings. The second-order valence-corrected chi connectivity index (χ2v) is 6.28. The lowest BCUT2D eigenvalue weighted by Gasteiger charge is -2.22. The van der Waals surface area contributed by atoms with Gasteiger partial charge in [0.1, 0.15) is 5.54 Å². The van der Waals surface area contributed by atoms with Crippen LogP contribution in [0.3, 0.4) is 0 Å². The number of hydrogen-bond donors (Lipinski definition) is 2. The molecule has 1 heterocycles. The van der Waals surface area contributed by atoms with Crippen molar-refractivity contribution in [3.63, 3.8) is 0 Å². The zero-order valence-electron chi connectivity index (χ0n) is 12.8. The smallest absolute Gasteiger partial charge is 0.358 e. The van der Waals surface area contributed by atoms with Crippen molar-refractivity contribution in [1.82, 2.24) is 10.3 Å². The molecule has 1 aliphatic rings. The fourth-order valence-electron chi connectivity index (χ4n) is 2.02. The van der Waals surface area contributed by atoms with E-state index in [1.807, 2.05) is 0 Å². The van der Waals surface area contributed by atoms with Gasteiger partial charge < -0.3 is 15.4 Å². The van der Waals surface area contributed by atoms with Crippen molar-refractivity contribution in [2.24, 2.45) is 5.92 Å². The number of aromatic nitrogens is 1. The number of hydrogen-bond acceptors (Lipinski definition) is 7. The molecule has 1 amide bonds. The molecule has 1 aliphatic carbocycles. The van der Waals surface area contributed by atoms with Crippen molar-refractivity contribution in [3.05, 3.63) is 23.7 Å². The van der Waals surface area contributed by atoms with E-state index in [4.69, 9.17) is 4.74 Å². The number of esters is 1. The monoisotopic (exact) mass is 334 g/mol. The van der Waals surface area contributed by atoms with Gasteiger partial charge in [0.25, 0.3) is 5.91 Å². The molecule has 0 bridgehead atoms. The second-order valence-electron chi connectivity index (χ2n) is 5.42. The Balaban J connectivity index is 1.81. The van der Waals surface area contributed by atoms with Crippen molar-refractivity contribution in [2.45, 2.75) is 25.3 Å². The van der Waals surface area contributed by atoms with Crippen LogP contribution in [-0.2, 0) is 9.53 Å². The highest BCUT2D eigenvalue weighted by molar-refractivity contribution is 7.13. The average Bonchev–Trinajstić information content (AvgIpc) is 3.30. The summed E-state index contributed by atoms with van der Waals surface area (Å²) in [5, 5.41) is 16.9. The van der Waals surface area contributed by atoms with Crippen molar-refractivity contribution < 1.29 is 14.3 Å². The first-order valence-corrected chi connectivity index (χ1v) is 8.06. The van der Waals surface area contributed by atoms with Crippen LogP contribution < -0.4 is 10.6 Å². The predicted molar refractivity (Wildman–Crippen MR) is 86.0 cm³/mol. The van der Waals surface area contributed by atoms with Crippen molar-refractivity contribution >= 4 is 28.3 Å². The van der Waals surface area contributed by atoms with E-state index >= 15 is 0 Å². The zero-order valence-corrected chi connectivity index (χ0v) is 13.6. The average molecular weight is 334 g/mol. The molecule has 2 rings (SSSR count). The quantitative estimate of drug-likeness (QED) is 0.554. The zero-order chi connectivity index (χ0) is 16.9. The number of nitrogens with zero attached hydrogens (tertiary/aromatic N) is 2. The molecular weight excluding hydrogens is 316 g/mol. The first-order chi connectivity index (χ1) is 11.0. The predicted octanol–water partition coefficient (Wildman–Crippen LogP) is 1.71. The van der Waals surface area contributed by atoms with Crippen molar-refractivity contribution in [2.75, 3.05) is 18.5 Å².